The SMILES string of the molecule is CN(CC1CCCC1)C(=O)[C@@H](N)Cc1cn(Cc2ccccc2)cn1.Cl.Cl. The van der Waals surface area contributed by atoms with E-state index in [-0.39, 0.29) is 30.7 Å². The van der Waals surface area contributed by atoms with E-state index in [9.17, 15) is 4.79 Å². The van der Waals surface area contributed by atoms with E-state index in [2.05, 4.69) is 17.1 Å². The molecule has 0 bridgehead atoms. The van der Waals surface area contributed by atoms with Crippen molar-refractivity contribution in [3.63, 3.8) is 0 Å². The fourth-order valence-electron chi connectivity index (χ4n) is 3.66. The smallest absolute Gasteiger partial charge is 0.239 e. The summed E-state index contributed by atoms with van der Waals surface area (Å²) in [5.74, 6) is 0.663. The first-order valence-electron chi connectivity index (χ1n) is 9.17. The van der Waals surface area contributed by atoms with Crippen molar-refractivity contribution in [3.05, 3.63) is 54.1 Å². The topological polar surface area (TPSA) is 64.2 Å². The van der Waals surface area contributed by atoms with Gasteiger partial charge in [0, 0.05) is 32.8 Å². The summed E-state index contributed by atoms with van der Waals surface area (Å²) >= 11 is 0. The molecule has 1 amide bonds. The molecule has 1 heterocycles. The van der Waals surface area contributed by atoms with Crippen molar-refractivity contribution in [1.29, 1.82) is 0 Å². The number of hydrogen-bond donors (Lipinski definition) is 1. The number of aromatic nitrogens is 2. The van der Waals surface area contributed by atoms with E-state index >= 15 is 0 Å². The predicted octanol–water partition coefficient (Wildman–Crippen LogP) is 3.29. The van der Waals surface area contributed by atoms with Crippen LogP contribution in [0.5, 0.6) is 0 Å². The fourth-order valence-corrected chi connectivity index (χ4v) is 3.66. The van der Waals surface area contributed by atoms with Gasteiger partial charge in [0.1, 0.15) is 0 Å². The number of amides is 1. The van der Waals surface area contributed by atoms with Gasteiger partial charge in [-0.1, -0.05) is 43.2 Å². The lowest BCUT2D eigenvalue weighted by Crippen LogP contribution is -2.44. The molecule has 7 heteroatoms. The number of carbonyl (C=O) groups is 1. The van der Waals surface area contributed by atoms with Crippen molar-refractivity contribution in [2.75, 3.05) is 13.6 Å². The average molecular weight is 413 g/mol. The van der Waals surface area contributed by atoms with E-state index in [1.165, 1.54) is 31.2 Å². The van der Waals surface area contributed by atoms with Crippen LogP contribution in [0.15, 0.2) is 42.9 Å². The number of nitrogens with zero attached hydrogens (tertiary/aromatic N) is 3. The summed E-state index contributed by atoms with van der Waals surface area (Å²) in [4.78, 5) is 18.7. The summed E-state index contributed by atoms with van der Waals surface area (Å²) in [5.41, 5.74) is 8.24. The van der Waals surface area contributed by atoms with Crippen LogP contribution in [-0.2, 0) is 17.8 Å². The molecule has 0 unspecified atom stereocenters. The lowest BCUT2D eigenvalue weighted by atomic mass is 10.1. The molecule has 2 N–H and O–H groups in total. The number of nitrogens with two attached hydrogens (primary N) is 1. The lowest BCUT2D eigenvalue weighted by Gasteiger charge is -2.24. The molecule has 1 aliphatic carbocycles. The van der Waals surface area contributed by atoms with Gasteiger partial charge in [0.05, 0.1) is 18.1 Å². The zero-order valence-electron chi connectivity index (χ0n) is 15.8. The number of rotatable bonds is 7. The van der Waals surface area contributed by atoms with Gasteiger partial charge in [0.2, 0.25) is 5.91 Å². The summed E-state index contributed by atoms with van der Waals surface area (Å²) in [6, 6.07) is 9.73. The van der Waals surface area contributed by atoms with E-state index < -0.39 is 6.04 Å². The average Bonchev–Trinajstić information content (AvgIpc) is 3.27. The number of likely N-dealkylation sites (N-methyl/N-ethyl adjacent to an activating group) is 1. The third kappa shape index (κ3) is 6.83. The fraction of sp³-hybridized carbons (Fsp3) is 0.500. The van der Waals surface area contributed by atoms with Crippen LogP contribution in [0.1, 0.15) is 36.9 Å². The van der Waals surface area contributed by atoms with Crippen molar-refractivity contribution in [3.8, 4) is 0 Å². The number of halogens is 2. The number of benzene rings is 1. The van der Waals surface area contributed by atoms with E-state index in [0.717, 1.165) is 18.8 Å². The standard InChI is InChI=1S/C20H28N4O.2ClH/c1-23(12-16-9-5-6-10-16)20(25)19(21)11-18-14-24(15-22-18)13-17-7-3-2-4-8-17;;/h2-4,7-8,14-16,19H,5-6,9-13,21H2,1H3;2*1H/t19-;;/m0../s1. The Bertz CT molecular complexity index is 686. The zero-order chi connectivity index (χ0) is 17.6. The highest BCUT2D eigenvalue weighted by Gasteiger charge is 2.23. The van der Waals surface area contributed by atoms with E-state index in [1.54, 1.807) is 0 Å². The highest BCUT2D eigenvalue weighted by molar-refractivity contribution is 5.85. The third-order valence-corrected chi connectivity index (χ3v) is 5.02. The maximum atomic E-state index is 12.5. The molecular formula is C20H30Cl2N4O. The van der Waals surface area contributed by atoms with Gasteiger partial charge in [-0.25, -0.2) is 4.98 Å². The normalized spacial score (nSPS) is 14.9. The Balaban J connectivity index is 0.00000182. The quantitative estimate of drug-likeness (QED) is 0.758. The molecule has 1 saturated carbocycles. The monoisotopic (exact) mass is 412 g/mol. The van der Waals surface area contributed by atoms with Gasteiger partial charge in [-0.15, -0.1) is 24.8 Å². The Kier molecular flexibility index (Phi) is 9.84. The van der Waals surface area contributed by atoms with Crippen LogP contribution in [0.3, 0.4) is 0 Å². The van der Waals surface area contributed by atoms with Gasteiger partial charge in [-0.3, -0.25) is 4.79 Å². The second kappa shape index (κ2) is 11.3. The molecule has 1 aromatic heterocycles. The number of hydrogen-bond acceptors (Lipinski definition) is 3. The molecule has 1 aliphatic rings. The van der Waals surface area contributed by atoms with Gasteiger partial charge >= 0.3 is 0 Å². The maximum absolute atomic E-state index is 12.5. The Morgan fingerprint density at radius 2 is 1.93 bits per heavy atom. The molecule has 5 nitrogen and oxygen atoms in total. The van der Waals surface area contributed by atoms with Crippen LogP contribution >= 0.6 is 24.8 Å². The minimum atomic E-state index is -0.522. The van der Waals surface area contributed by atoms with Crippen molar-refractivity contribution in [2.24, 2.45) is 11.7 Å². The third-order valence-electron chi connectivity index (χ3n) is 5.02. The van der Waals surface area contributed by atoms with Gasteiger partial charge < -0.3 is 15.2 Å². The van der Waals surface area contributed by atoms with Crippen LogP contribution in [0, 0.1) is 5.92 Å². The maximum Gasteiger partial charge on any atom is 0.239 e. The van der Waals surface area contributed by atoms with Crippen LogP contribution < -0.4 is 5.73 Å². The van der Waals surface area contributed by atoms with Crippen molar-refractivity contribution in [1.82, 2.24) is 14.5 Å². The van der Waals surface area contributed by atoms with Crippen LogP contribution in [0.4, 0.5) is 0 Å². The molecule has 27 heavy (non-hydrogen) atoms. The Morgan fingerprint density at radius 3 is 2.59 bits per heavy atom. The molecule has 2 aromatic rings. The first-order chi connectivity index (χ1) is 12.1. The van der Waals surface area contributed by atoms with Crippen LogP contribution in [0.2, 0.25) is 0 Å². The molecule has 1 aromatic carbocycles. The second-order valence-electron chi connectivity index (χ2n) is 7.20. The first-order valence-corrected chi connectivity index (χ1v) is 9.17. The Hall–Kier alpha value is -1.56. The molecule has 3 rings (SSSR count). The van der Waals surface area contributed by atoms with Gasteiger partial charge in [-0.05, 0) is 24.3 Å². The van der Waals surface area contributed by atoms with Crippen molar-refractivity contribution < 1.29 is 4.79 Å². The largest absolute Gasteiger partial charge is 0.344 e. The summed E-state index contributed by atoms with van der Waals surface area (Å²) < 4.78 is 2.03. The number of carbonyl (C=O) groups excluding carboxylic acids is 1. The Labute approximate surface area is 174 Å². The molecule has 0 spiro atoms. The Morgan fingerprint density at radius 1 is 1.26 bits per heavy atom. The van der Waals surface area contributed by atoms with Gasteiger partial charge in [-0.2, -0.15) is 0 Å². The molecule has 0 radical (unpaired) electrons. The molecule has 150 valence electrons. The summed E-state index contributed by atoms with van der Waals surface area (Å²) in [6.45, 7) is 1.60. The molecule has 1 atom stereocenters. The minimum absolute atomic E-state index is 0. The van der Waals surface area contributed by atoms with Crippen molar-refractivity contribution in [2.45, 2.75) is 44.7 Å². The van der Waals surface area contributed by atoms with Crippen molar-refractivity contribution >= 4 is 30.7 Å². The summed E-state index contributed by atoms with van der Waals surface area (Å²) in [6.07, 6.45) is 9.32. The zero-order valence-corrected chi connectivity index (χ0v) is 17.4. The summed E-state index contributed by atoms with van der Waals surface area (Å²) in [5, 5.41) is 0. The first kappa shape index (κ1) is 23.5. The van der Waals surface area contributed by atoms with Gasteiger partial charge in [0.15, 0.2) is 0 Å². The molecule has 0 saturated heterocycles. The lowest BCUT2D eigenvalue weighted by molar-refractivity contribution is -0.131. The van der Waals surface area contributed by atoms with Crippen LogP contribution in [-0.4, -0.2) is 40.0 Å². The predicted molar refractivity (Wildman–Crippen MR) is 114 cm³/mol. The van der Waals surface area contributed by atoms with E-state index in [0.29, 0.717) is 12.3 Å². The molecule has 1 fully saturated rings. The highest BCUT2D eigenvalue weighted by atomic mass is 35.5. The highest BCUT2D eigenvalue weighted by Crippen LogP contribution is 2.25. The second-order valence-corrected chi connectivity index (χ2v) is 7.20. The van der Waals surface area contributed by atoms with Crippen LogP contribution in [0.25, 0.3) is 0 Å². The number of imidazole rings is 1. The van der Waals surface area contributed by atoms with E-state index in [4.69, 9.17) is 5.73 Å². The summed E-state index contributed by atoms with van der Waals surface area (Å²) in [7, 11) is 1.87. The molecule has 0 aliphatic heterocycles. The minimum Gasteiger partial charge on any atom is -0.344 e. The molecular weight excluding hydrogens is 383 g/mol. The van der Waals surface area contributed by atoms with Gasteiger partial charge in [0.25, 0.3) is 0 Å². The van der Waals surface area contributed by atoms with E-state index in [1.807, 2.05) is 47.2 Å².